The fourth-order valence-electron chi connectivity index (χ4n) is 2.17. The Bertz CT molecular complexity index is 705. The van der Waals surface area contributed by atoms with Gasteiger partial charge in [0, 0.05) is 18.0 Å². The van der Waals surface area contributed by atoms with E-state index in [4.69, 9.17) is 23.2 Å². The number of benzene rings is 1. The molecule has 24 heavy (non-hydrogen) atoms. The molecule has 1 amide bonds. The lowest BCUT2D eigenvalue weighted by Crippen LogP contribution is -2.15. The number of aryl methyl sites for hydroxylation is 1. The summed E-state index contributed by atoms with van der Waals surface area (Å²) in [6.45, 7) is 4.99. The van der Waals surface area contributed by atoms with Crippen molar-refractivity contribution in [3.8, 4) is 0 Å². The number of nitrogens with zero attached hydrogens (tertiary/aromatic N) is 3. The highest BCUT2D eigenvalue weighted by Gasteiger charge is 2.13. The normalized spacial score (nSPS) is 10.8. The van der Waals surface area contributed by atoms with Crippen molar-refractivity contribution < 1.29 is 4.79 Å². The fraction of sp³-hybridized carbons (Fsp3) is 0.438. The summed E-state index contributed by atoms with van der Waals surface area (Å²) >= 11 is 13.3. The van der Waals surface area contributed by atoms with Crippen molar-refractivity contribution in [2.75, 3.05) is 11.1 Å². The summed E-state index contributed by atoms with van der Waals surface area (Å²) in [6.07, 6.45) is 3.10. The molecule has 0 radical (unpaired) electrons. The molecule has 0 bridgehead atoms. The van der Waals surface area contributed by atoms with Crippen molar-refractivity contribution >= 4 is 46.6 Å². The van der Waals surface area contributed by atoms with Gasteiger partial charge in [-0.1, -0.05) is 48.3 Å². The third kappa shape index (κ3) is 5.13. The van der Waals surface area contributed by atoms with Crippen molar-refractivity contribution in [2.24, 2.45) is 0 Å². The van der Waals surface area contributed by atoms with Crippen LogP contribution >= 0.6 is 35.0 Å². The van der Waals surface area contributed by atoms with Crippen molar-refractivity contribution in [1.82, 2.24) is 14.8 Å². The van der Waals surface area contributed by atoms with E-state index in [0.717, 1.165) is 36.8 Å². The molecule has 1 heterocycles. The van der Waals surface area contributed by atoms with Gasteiger partial charge in [0.05, 0.1) is 16.5 Å². The van der Waals surface area contributed by atoms with Crippen LogP contribution < -0.4 is 5.32 Å². The molecule has 0 spiro atoms. The highest BCUT2D eigenvalue weighted by Crippen LogP contribution is 2.26. The molecule has 1 aromatic heterocycles. The van der Waals surface area contributed by atoms with Gasteiger partial charge in [0.1, 0.15) is 5.82 Å². The topological polar surface area (TPSA) is 59.8 Å². The van der Waals surface area contributed by atoms with E-state index in [1.54, 1.807) is 18.2 Å². The Morgan fingerprint density at radius 2 is 2.08 bits per heavy atom. The lowest BCUT2D eigenvalue weighted by Gasteiger charge is -2.08. The van der Waals surface area contributed by atoms with Gasteiger partial charge in [-0.2, -0.15) is 0 Å². The summed E-state index contributed by atoms with van der Waals surface area (Å²) in [7, 11) is 0. The lowest BCUT2D eigenvalue weighted by atomic mass is 10.2. The third-order valence-corrected chi connectivity index (χ3v) is 4.92. The number of thioether (sulfide) groups is 1. The van der Waals surface area contributed by atoms with Crippen LogP contribution in [0.2, 0.25) is 10.0 Å². The second kappa shape index (κ2) is 9.30. The standard InChI is InChI=1S/C16H20Cl2N4OS/c1-3-5-6-14-20-21-16(22(14)4-2)24-10-15(23)19-13-8-7-11(17)9-12(13)18/h7-9H,3-6,10H2,1-2H3,(H,19,23). The van der Waals surface area contributed by atoms with Crippen LogP contribution in [-0.4, -0.2) is 26.4 Å². The average molecular weight is 387 g/mol. The highest BCUT2D eigenvalue weighted by atomic mass is 35.5. The Labute approximate surface area is 156 Å². The lowest BCUT2D eigenvalue weighted by molar-refractivity contribution is -0.113. The first-order chi connectivity index (χ1) is 11.5. The van der Waals surface area contributed by atoms with Gasteiger partial charge in [0.15, 0.2) is 5.16 Å². The maximum atomic E-state index is 12.1. The maximum Gasteiger partial charge on any atom is 0.234 e. The molecule has 0 aliphatic heterocycles. The van der Waals surface area contributed by atoms with E-state index in [-0.39, 0.29) is 11.7 Å². The van der Waals surface area contributed by atoms with Gasteiger partial charge in [-0.3, -0.25) is 4.79 Å². The molecular weight excluding hydrogens is 367 g/mol. The van der Waals surface area contributed by atoms with Crippen LogP contribution in [0.5, 0.6) is 0 Å². The number of anilines is 1. The predicted octanol–water partition coefficient (Wildman–Crippen LogP) is 4.68. The summed E-state index contributed by atoms with van der Waals surface area (Å²) in [5.74, 6) is 1.07. The second-order valence-electron chi connectivity index (χ2n) is 5.21. The molecule has 2 rings (SSSR count). The zero-order valence-corrected chi connectivity index (χ0v) is 16.0. The van der Waals surface area contributed by atoms with Crippen molar-refractivity contribution in [2.45, 2.75) is 44.8 Å². The van der Waals surface area contributed by atoms with Crippen LogP contribution in [0, 0.1) is 0 Å². The largest absolute Gasteiger partial charge is 0.324 e. The number of nitrogens with one attached hydrogen (secondary N) is 1. The first-order valence-electron chi connectivity index (χ1n) is 7.84. The minimum atomic E-state index is -0.148. The van der Waals surface area contributed by atoms with E-state index in [9.17, 15) is 4.79 Å². The molecule has 8 heteroatoms. The molecular formula is C16H20Cl2N4OS. The number of carbonyl (C=O) groups excluding carboxylic acids is 1. The van der Waals surface area contributed by atoms with E-state index < -0.39 is 0 Å². The van der Waals surface area contributed by atoms with E-state index in [1.165, 1.54) is 11.8 Å². The molecule has 0 atom stereocenters. The Morgan fingerprint density at radius 3 is 2.75 bits per heavy atom. The van der Waals surface area contributed by atoms with Gasteiger partial charge >= 0.3 is 0 Å². The third-order valence-electron chi connectivity index (χ3n) is 3.40. The van der Waals surface area contributed by atoms with Gasteiger partial charge in [-0.25, -0.2) is 0 Å². The number of hydrogen-bond donors (Lipinski definition) is 1. The summed E-state index contributed by atoms with van der Waals surface area (Å²) in [5.41, 5.74) is 0.548. The molecule has 1 N–H and O–H groups in total. The number of amides is 1. The number of hydrogen-bond acceptors (Lipinski definition) is 4. The molecule has 0 aliphatic carbocycles. The van der Waals surface area contributed by atoms with Crippen molar-refractivity contribution in [3.05, 3.63) is 34.1 Å². The van der Waals surface area contributed by atoms with Crippen LogP contribution in [-0.2, 0) is 17.8 Å². The first kappa shape index (κ1) is 19.1. The zero-order valence-electron chi connectivity index (χ0n) is 13.7. The van der Waals surface area contributed by atoms with Gasteiger partial charge < -0.3 is 9.88 Å². The van der Waals surface area contributed by atoms with E-state index in [1.807, 2.05) is 0 Å². The molecule has 130 valence electrons. The monoisotopic (exact) mass is 386 g/mol. The smallest absolute Gasteiger partial charge is 0.234 e. The Kier molecular flexibility index (Phi) is 7.40. The van der Waals surface area contributed by atoms with Gasteiger partial charge in [-0.15, -0.1) is 10.2 Å². The van der Waals surface area contributed by atoms with Crippen LogP contribution in [0.1, 0.15) is 32.5 Å². The van der Waals surface area contributed by atoms with Crippen molar-refractivity contribution in [3.63, 3.8) is 0 Å². The van der Waals surface area contributed by atoms with E-state index in [2.05, 4.69) is 33.9 Å². The molecule has 5 nitrogen and oxygen atoms in total. The molecule has 0 unspecified atom stereocenters. The Hall–Kier alpha value is -1.24. The van der Waals surface area contributed by atoms with Crippen LogP contribution in [0.25, 0.3) is 0 Å². The zero-order chi connectivity index (χ0) is 17.5. The molecule has 0 aliphatic rings. The number of carbonyl (C=O) groups is 1. The highest BCUT2D eigenvalue weighted by molar-refractivity contribution is 7.99. The van der Waals surface area contributed by atoms with E-state index >= 15 is 0 Å². The average Bonchev–Trinajstić information content (AvgIpc) is 2.95. The molecule has 0 saturated heterocycles. The summed E-state index contributed by atoms with van der Waals surface area (Å²) in [6, 6.07) is 4.97. The van der Waals surface area contributed by atoms with Crippen LogP contribution in [0.3, 0.4) is 0 Å². The molecule has 0 fully saturated rings. The predicted molar refractivity (Wildman–Crippen MR) is 100 cm³/mol. The number of rotatable bonds is 8. The summed E-state index contributed by atoms with van der Waals surface area (Å²) in [5, 5.41) is 12.9. The fourth-order valence-corrected chi connectivity index (χ4v) is 3.45. The summed E-state index contributed by atoms with van der Waals surface area (Å²) in [4.78, 5) is 12.1. The first-order valence-corrected chi connectivity index (χ1v) is 9.59. The number of aromatic nitrogens is 3. The molecule has 0 saturated carbocycles. The number of unbranched alkanes of at least 4 members (excludes halogenated alkanes) is 1. The maximum absolute atomic E-state index is 12.1. The molecule has 1 aromatic carbocycles. The van der Waals surface area contributed by atoms with Gasteiger partial charge in [-0.05, 0) is 31.5 Å². The quantitative estimate of drug-likeness (QED) is 0.669. The minimum absolute atomic E-state index is 0.148. The van der Waals surface area contributed by atoms with E-state index in [0.29, 0.717) is 15.7 Å². The molecule has 2 aromatic rings. The summed E-state index contributed by atoms with van der Waals surface area (Å²) < 4.78 is 2.06. The number of halogens is 2. The van der Waals surface area contributed by atoms with Gasteiger partial charge in [0.25, 0.3) is 0 Å². The van der Waals surface area contributed by atoms with Crippen LogP contribution in [0.4, 0.5) is 5.69 Å². The Balaban J connectivity index is 1.95. The van der Waals surface area contributed by atoms with Crippen LogP contribution in [0.15, 0.2) is 23.4 Å². The van der Waals surface area contributed by atoms with Crippen molar-refractivity contribution in [1.29, 1.82) is 0 Å². The Morgan fingerprint density at radius 1 is 1.29 bits per heavy atom. The second-order valence-corrected chi connectivity index (χ2v) is 6.99. The van der Waals surface area contributed by atoms with Gasteiger partial charge in [0.2, 0.25) is 5.91 Å². The minimum Gasteiger partial charge on any atom is -0.324 e. The SMILES string of the molecule is CCCCc1nnc(SCC(=O)Nc2ccc(Cl)cc2Cl)n1CC.